The second-order valence-electron chi connectivity index (χ2n) is 16.4. The largest absolute Gasteiger partial charge is 0.456 e. The minimum absolute atomic E-state index is 0.825. The summed E-state index contributed by atoms with van der Waals surface area (Å²) in [4.78, 5) is 11.0. The van der Waals surface area contributed by atoms with Crippen molar-refractivity contribution in [2.45, 2.75) is 0 Å². The smallest absolute Gasteiger partial charge is 0.139 e. The van der Waals surface area contributed by atoms with E-state index in [4.69, 9.17) is 13.8 Å². The molecule has 306 valence electrons. The number of nitrogens with zero attached hydrogens (tertiary/aromatic N) is 3. The first-order valence-corrected chi connectivity index (χ1v) is 22.6. The molecule has 13 aromatic rings. The lowest BCUT2D eigenvalue weighted by Gasteiger charge is -2.26. The highest BCUT2D eigenvalue weighted by molar-refractivity contribution is 7.25. The molecule has 0 atom stereocenters. The number of anilines is 6. The predicted octanol–water partition coefficient (Wildman–Crippen LogP) is 17.5. The van der Waals surface area contributed by atoms with Crippen molar-refractivity contribution in [2.75, 3.05) is 9.80 Å². The molecule has 0 N–H and O–H groups in total. The summed E-state index contributed by atoms with van der Waals surface area (Å²) < 4.78 is 14.0. The van der Waals surface area contributed by atoms with Gasteiger partial charge in [-0.05, 0) is 107 Å². The number of rotatable bonds is 8. The Morgan fingerprint density at radius 3 is 1.29 bits per heavy atom. The molecule has 13 rings (SSSR count). The zero-order valence-electron chi connectivity index (χ0n) is 34.9. The fourth-order valence-corrected chi connectivity index (χ4v) is 10.4. The first-order valence-electron chi connectivity index (χ1n) is 21.8. The molecule has 0 saturated heterocycles. The third-order valence-corrected chi connectivity index (χ3v) is 13.6. The van der Waals surface area contributed by atoms with Gasteiger partial charge in [-0.1, -0.05) is 127 Å². The van der Waals surface area contributed by atoms with E-state index in [9.17, 15) is 0 Å². The van der Waals surface area contributed by atoms with Crippen molar-refractivity contribution in [3.8, 4) is 22.3 Å². The van der Waals surface area contributed by atoms with Crippen LogP contribution in [0.25, 0.3) is 86.4 Å². The molecule has 0 radical (unpaired) electrons. The van der Waals surface area contributed by atoms with Crippen LogP contribution in [-0.4, -0.2) is 4.98 Å². The molecule has 6 heteroatoms. The highest BCUT2D eigenvalue weighted by Gasteiger charge is 2.21. The Kier molecular flexibility index (Phi) is 8.64. The van der Waals surface area contributed by atoms with Gasteiger partial charge < -0.3 is 13.7 Å². The Labute approximate surface area is 378 Å². The Morgan fingerprint density at radius 1 is 0.308 bits per heavy atom. The molecule has 4 aromatic heterocycles. The van der Waals surface area contributed by atoms with Crippen LogP contribution in [-0.2, 0) is 0 Å². The van der Waals surface area contributed by atoms with Crippen LogP contribution in [0.5, 0.6) is 0 Å². The number of hydrogen-bond acceptors (Lipinski definition) is 6. The van der Waals surface area contributed by atoms with Gasteiger partial charge in [0.15, 0.2) is 0 Å². The van der Waals surface area contributed by atoms with Gasteiger partial charge >= 0.3 is 0 Å². The van der Waals surface area contributed by atoms with E-state index >= 15 is 0 Å². The first-order chi connectivity index (χ1) is 32.2. The van der Waals surface area contributed by atoms with Crippen LogP contribution < -0.4 is 9.80 Å². The summed E-state index contributed by atoms with van der Waals surface area (Å²) in [5.74, 6) is 0.825. The summed E-state index contributed by atoms with van der Waals surface area (Å²) in [6.45, 7) is 0. The maximum absolute atomic E-state index is 6.42. The summed E-state index contributed by atoms with van der Waals surface area (Å²) in [7, 11) is 0. The Morgan fingerprint density at radius 2 is 0.723 bits per heavy atom. The second-order valence-corrected chi connectivity index (χ2v) is 17.4. The molecule has 0 spiro atoms. The van der Waals surface area contributed by atoms with Crippen molar-refractivity contribution >= 4 is 110 Å². The van der Waals surface area contributed by atoms with E-state index in [-0.39, 0.29) is 0 Å². The van der Waals surface area contributed by atoms with Gasteiger partial charge in [0.1, 0.15) is 33.0 Å². The highest BCUT2D eigenvalue weighted by Crippen LogP contribution is 2.44. The van der Waals surface area contributed by atoms with Gasteiger partial charge in [-0.15, -0.1) is 11.3 Å². The molecular weight excluding hydrogens is 815 g/mol. The standard InChI is InChI=1S/C59H37N3O2S/c1-3-11-38(12-4-1)40-19-23-42(24-20-40)61(44-27-30-49-47-15-7-9-17-53(47)63-55(49)35-44)46-29-32-51-52-33-34-58(60-59(52)65-57(51)37-46)62(43-25-21-41(22-26-43)39-13-5-2-6-14-39)45-28-31-50-48-16-8-10-18-54(48)64-56(50)36-45/h1-37H. The topological polar surface area (TPSA) is 45.7 Å². The van der Waals surface area contributed by atoms with E-state index < -0.39 is 0 Å². The Bertz CT molecular complexity index is 3640. The van der Waals surface area contributed by atoms with E-state index in [0.29, 0.717) is 0 Å². The molecule has 65 heavy (non-hydrogen) atoms. The van der Waals surface area contributed by atoms with Crippen molar-refractivity contribution in [3.05, 3.63) is 224 Å². The average Bonchev–Trinajstić information content (AvgIpc) is 4.05. The van der Waals surface area contributed by atoms with E-state index in [0.717, 1.165) is 98.6 Å². The van der Waals surface area contributed by atoms with E-state index in [1.165, 1.54) is 22.1 Å². The summed E-state index contributed by atoms with van der Waals surface area (Å²) in [5, 5.41) is 6.70. The van der Waals surface area contributed by atoms with Gasteiger partial charge in [-0.2, -0.15) is 0 Å². The molecular formula is C59H37N3O2S. The number of hydrogen-bond donors (Lipinski definition) is 0. The average molecular weight is 852 g/mol. The van der Waals surface area contributed by atoms with Gasteiger partial charge in [0.05, 0.1) is 5.69 Å². The van der Waals surface area contributed by atoms with Crippen LogP contribution in [0.15, 0.2) is 233 Å². The first kappa shape index (κ1) is 37.1. The van der Waals surface area contributed by atoms with Crippen molar-refractivity contribution in [1.29, 1.82) is 0 Å². The van der Waals surface area contributed by atoms with Crippen LogP contribution in [0.2, 0.25) is 0 Å². The third kappa shape index (κ3) is 6.42. The van der Waals surface area contributed by atoms with E-state index in [2.05, 4.69) is 204 Å². The monoisotopic (exact) mass is 851 g/mol. The number of aromatic nitrogens is 1. The molecule has 0 fully saturated rings. The lowest BCUT2D eigenvalue weighted by atomic mass is 10.0. The van der Waals surface area contributed by atoms with Crippen LogP contribution in [0, 0.1) is 0 Å². The van der Waals surface area contributed by atoms with Crippen molar-refractivity contribution in [2.24, 2.45) is 0 Å². The lowest BCUT2D eigenvalue weighted by molar-refractivity contribution is 0.668. The van der Waals surface area contributed by atoms with E-state index in [1.54, 1.807) is 11.3 Å². The summed E-state index contributed by atoms with van der Waals surface area (Å²) in [6, 6.07) is 79.1. The normalized spacial score (nSPS) is 11.7. The molecule has 0 aliphatic rings. The highest BCUT2D eigenvalue weighted by atomic mass is 32.1. The quantitative estimate of drug-likeness (QED) is 0.152. The van der Waals surface area contributed by atoms with Crippen LogP contribution >= 0.6 is 11.3 Å². The number of thiophene rings is 1. The van der Waals surface area contributed by atoms with Gasteiger partial charge in [0.25, 0.3) is 0 Å². The number of fused-ring (bicyclic) bond motifs is 9. The molecule has 0 bridgehead atoms. The maximum Gasteiger partial charge on any atom is 0.139 e. The van der Waals surface area contributed by atoms with Crippen LogP contribution in [0.4, 0.5) is 34.3 Å². The summed E-state index contributed by atoms with van der Waals surface area (Å²) in [6.07, 6.45) is 0. The number of para-hydroxylation sites is 2. The number of benzene rings is 9. The molecule has 9 aromatic carbocycles. The number of furan rings is 2. The van der Waals surface area contributed by atoms with Gasteiger partial charge in [0.2, 0.25) is 0 Å². The van der Waals surface area contributed by atoms with Gasteiger partial charge in [0, 0.05) is 71.9 Å². The Balaban J connectivity index is 0.929. The molecule has 0 aliphatic heterocycles. The summed E-state index contributed by atoms with van der Waals surface area (Å²) >= 11 is 1.71. The minimum Gasteiger partial charge on any atom is -0.456 e. The molecule has 4 heterocycles. The molecule has 0 unspecified atom stereocenters. The second kappa shape index (κ2) is 15.1. The van der Waals surface area contributed by atoms with Crippen molar-refractivity contribution in [3.63, 3.8) is 0 Å². The fourth-order valence-electron chi connectivity index (χ4n) is 9.33. The van der Waals surface area contributed by atoms with Crippen molar-refractivity contribution in [1.82, 2.24) is 4.98 Å². The predicted molar refractivity (Wildman–Crippen MR) is 272 cm³/mol. The van der Waals surface area contributed by atoms with Gasteiger partial charge in [-0.3, -0.25) is 4.90 Å². The zero-order chi connectivity index (χ0) is 42.8. The molecule has 0 aliphatic carbocycles. The molecule has 0 amide bonds. The fraction of sp³-hybridized carbons (Fsp3) is 0. The van der Waals surface area contributed by atoms with E-state index in [1.807, 2.05) is 30.3 Å². The van der Waals surface area contributed by atoms with Gasteiger partial charge in [-0.25, -0.2) is 4.98 Å². The Hall–Kier alpha value is -8.45. The van der Waals surface area contributed by atoms with Crippen molar-refractivity contribution < 1.29 is 8.83 Å². The SMILES string of the molecule is c1ccc(-c2ccc(N(c3ccc4c(c3)oc3ccccc34)c3ccc4c(c3)sc3nc(N(c5ccc(-c6ccccc6)cc5)c5ccc6c(c5)oc5ccccc56)ccc34)cc2)cc1. The van der Waals surface area contributed by atoms with Crippen LogP contribution in [0.1, 0.15) is 0 Å². The number of pyridine rings is 1. The third-order valence-electron chi connectivity index (χ3n) is 12.5. The lowest BCUT2D eigenvalue weighted by Crippen LogP contribution is -2.11. The maximum atomic E-state index is 6.42. The molecule has 0 saturated carbocycles. The molecule has 5 nitrogen and oxygen atoms in total. The zero-order valence-corrected chi connectivity index (χ0v) is 35.7. The van der Waals surface area contributed by atoms with Crippen LogP contribution in [0.3, 0.4) is 0 Å². The minimum atomic E-state index is 0.825. The summed E-state index contributed by atoms with van der Waals surface area (Å²) in [5.41, 5.74) is 13.2.